The molecule has 0 aliphatic heterocycles. The maximum atomic E-state index is 12.0. The summed E-state index contributed by atoms with van der Waals surface area (Å²) in [7, 11) is -1.55. The number of aryl methyl sites for hydroxylation is 1. The summed E-state index contributed by atoms with van der Waals surface area (Å²) in [6, 6.07) is 12.1. The van der Waals surface area contributed by atoms with Crippen molar-refractivity contribution in [3.8, 4) is 0 Å². The summed E-state index contributed by atoms with van der Waals surface area (Å²) in [5.41, 5.74) is 1.83. The number of thiophene rings is 1. The fourth-order valence-corrected chi connectivity index (χ4v) is 5.39. The first-order chi connectivity index (χ1) is 13.7. The van der Waals surface area contributed by atoms with Gasteiger partial charge in [-0.25, -0.2) is 13.1 Å². The second-order valence-electron chi connectivity index (χ2n) is 7.54. The molecule has 0 spiro atoms. The molecule has 0 aliphatic carbocycles. The standard InChI is InChI=1S/C21H32N4O2S2/c1-15(2)25-29(26,27)14-19-9-7-18(8-10-19)13-23-21(22-5)24-16(3)12-20-11-6-17(4)28-20/h6-11,15-16,25H,12-14H2,1-5H3,(H2,22,23,24). The van der Waals surface area contributed by atoms with Crippen LogP contribution in [0.2, 0.25) is 0 Å². The highest BCUT2D eigenvalue weighted by Crippen LogP contribution is 2.16. The second kappa shape index (κ2) is 10.8. The summed E-state index contributed by atoms with van der Waals surface area (Å²) in [5.74, 6) is 0.737. The average Bonchev–Trinajstić information content (AvgIpc) is 3.03. The molecule has 1 atom stereocenters. The Hall–Kier alpha value is -1.90. The Balaban J connectivity index is 1.84. The van der Waals surface area contributed by atoms with Gasteiger partial charge in [-0.2, -0.15) is 0 Å². The molecular weight excluding hydrogens is 404 g/mol. The maximum Gasteiger partial charge on any atom is 0.216 e. The van der Waals surface area contributed by atoms with E-state index in [9.17, 15) is 8.42 Å². The van der Waals surface area contributed by atoms with Crippen LogP contribution in [0, 0.1) is 6.92 Å². The number of sulfonamides is 1. The monoisotopic (exact) mass is 436 g/mol. The largest absolute Gasteiger partial charge is 0.354 e. The molecule has 0 saturated heterocycles. The van der Waals surface area contributed by atoms with Gasteiger partial charge in [0.05, 0.1) is 5.75 Å². The third-order valence-corrected chi connectivity index (χ3v) is 6.73. The van der Waals surface area contributed by atoms with E-state index in [0.717, 1.165) is 23.5 Å². The molecule has 6 nitrogen and oxygen atoms in total. The molecular formula is C21H32N4O2S2. The first kappa shape index (κ1) is 23.4. The predicted octanol–water partition coefficient (Wildman–Crippen LogP) is 3.18. The van der Waals surface area contributed by atoms with Gasteiger partial charge < -0.3 is 10.6 Å². The third-order valence-electron chi connectivity index (χ3n) is 4.16. The lowest BCUT2D eigenvalue weighted by Crippen LogP contribution is -2.42. The third kappa shape index (κ3) is 8.55. The van der Waals surface area contributed by atoms with Crippen LogP contribution in [0.3, 0.4) is 0 Å². The van der Waals surface area contributed by atoms with Crippen LogP contribution in [0.15, 0.2) is 41.4 Å². The molecule has 1 unspecified atom stereocenters. The minimum atomic E-state index is -3.31. The number of nitrogens with one attached hydrogen (secondary N) is 3. The van der Waals surface area contributed by atoms with E-state index in [1.807, 2.05) is 49.4 Å². The van der Waals surface area contributed by atoms with Gasteiger partial charge in [-0.1, -0.05) is 24.3 Å². The molecule has 29 heavy (non-hydrogen) atoms. The average molecular weight is 437 g/mol. The number of benzene rings is 1. The molecule has 0 radical (unpaired) electrons. The molecule has 1 heterocycles. The highest BCUT2D eigenvalue weighted by atomic mass is 32.2. The topological polar surface area (TPSA) is 82.6 Å². The molecule has 0 fully saturated rings. The van der Waals surface area contributed by atoms with Gasteiger partial charge >= 0.3 is 0 Å². The molecule has 3 N–H and O–H groups in total. The van der Waals surface area contributed by atoms with Crippen LogP contribution in [0.25, 0.3) is 0 Å². The highest BCUT2D eigenvalue weighted by molar-refractivity contribution is 7.88. The maximum absolute atomic E-state index is 12.0. The molecule has 2 aromatic rings. The van der Waals surface area contributed by atoms with Crippen molar-refractivity contribution in [2.75, 3.05) is 7.05 Å². The van der Waals surface area contributed by atoms with Gasteiger partial charge in [0.25, 0.3) is 0 Å². The lowest BCUT2D eigenvalue weighted by Gasteiger charge is -2.17. The van der Waals surface area contributed by atoms with Crippen LogP contribution in [-0.4, -0.2) is 33.5 Å². The summed E-state index contributed by atoms with van der Waals surface area (Å²) in [5, 5.41) is 6.73. The fraction of sp³-hybridized carbons (Fsp3) is 0.476. The van der Waals surface area contributed by atoms with Crippen LogP contribution in [-0.2, 0) is 28.7 Å². The van der Waals surface area contributed by atoms with Gasteiger partial charge in [0, 0.05) is 41.9 Å². The zero-order valence-electron chi connectivity index (χ0n) is 17.8. The zero-order valence-corrected chi connectivity index (χ0v) is 19.5. The zero-order chi connectivity index (χ0) is 21.4. The van der Waals surface area contributed by atoms with E-state index in [-0.39, 0.29) is 17.8 Å². The van der Waals surface area contributed by atoms with Crippen molar-refractivity contribution in [2.45, 2.75) is 58.5 Å². The van der Waals surface area contributed by atoms with Gasteiger partial charge in [-0.15, -0.1) is 11.3 Å². The highest BCUT2D eigenvalue weighted by Gasteiger charge is 2.13. The normalized spacial score (nSPS) is 13.5. The van der Waals surface area contributed by atoms with Crippen molar-refractivity contribution in [3.63, 3.8) is 0 Å². The number of rotatable bonds is 9. The molecule has 8 heteroatoms. The van der Waals surface area contributed by atoms with Gasteiger partial charge in [-0.05, 0) is 51.0 Å². The molecule has 0 saturated carbocycles. The Labute approximate surface area is 178 Å². The van der Waals surface area contributed by atoms with E-state index in [4.69, 9.17) is 0 Å². The van der Waals surface area contributed by atoms with Crippen LogP contribution in [0.5, 0.6) is 0 Å². The van der Waals surface area contributed by atoms with Crippen molar-refractivity contribution in [1.29, 1.82) is 0 Å². The number of nitrogens with zero attached hydrogens (tertiary/aromatic N) is 1. The fourth-order valence-electron chi connectivity index (χ4n) is 2.93. The Kier molecular flexibility index (Phi) is 8.67. The summed E-state index contributed by atoms with van der Waals surface area (Å²) in [6.07, 6.45) is 0.951. The smallest absolute Gasteiger partial charge is 0.216 e. The molecule has 2 rings (SSSR count). The van der Waals surface area contributed by atoms with E-state index in [0.29, 0.717) is 6.54 Å². The van der Waals surface area contributed by atoms with Crippen LogP contribution in [0.1, 0.15) is 41.7 Å². The second-order valence-corrected chi connectivity index (χ2v) is 10.7. The lowest BCUT2D eigenvalue weighted by molar-refractivity contribution is 0.569. The van der Waals surface area contributed by atoms with E-state index < -0.39 is 10.0 Å². The number of hydrogen-bond acceptors (Lipinski definition) is 4. The van der Waals surface area contributed by atoms with Crippen molar-refractivity contribution >= 4 is 27.3 Å². The molecule has 0 amide bonds. The van der Waals surface area contributed by atoms with Gasteiger partial charge in [0.2, 0.25) is 10.0 Å². The Morgan fingerprint density at radius 3 is 2.28 bits per heavy atom. The molecule has 1 aromatic heterocycles. The van der Waals surface area contributed by atoms with Gasteiger partial charge in [0.15, 0.2) is 5.96 Å². The SMILES string of the molecule is CN=C(NCc1ccc(CS(=O)(=O)NC(C)C)cc1)NC(C)Cc1ccc(C)s1. The van der Waals surface area contributed by atoms with Crippen molar-refractivity contribution in [2.24, 2.45) is 4.99 Å². The van der Waals surface area contributed by atoms with Gasteiger partial charge in [-0.3, -0.25) is 4.99 Å². The summed E-state index contributed by atoms with van der Waals surface area (Å²) >= 11 is 1.82. The summed E-state index contributed by atoms with van der Waals surface area (Å²) in [4.78, 5) is 6.98. The molecule has 160 valence electrons. The quantitative estimate of drug-likeness (QED) is 0.416. The Morgan fingerprint density at radius 1 is 1.07 bits per heavy atom. The number of aliphatic imine (C=N–C) groups is 1. The van der Waals surface area contributed by atoms with E-state index in [1.165, 1.54) is 9.75 Å². The van der Waals surface area contributed by atoms with E-state index in [1.54, 1.807) is 7.05 Å². The van der Waals surface area contributed by atoms with Crippen LogP contribution >= 0.6 is 11.3 Å². The Morgan fingerprint density at radius 2 is 1.72 bits per heavy atom. The predicted molar refractivity (Wildman–Crippen MR) is 123 cm³/mol. The lowest BCUT2D eigenvalue weighted by atomic mass is 10.1. The number of guanidine groups is 1. The minimum Gasteiger partial charge on any atom is -0.354 e. The molecule has 1 aromatic carbocycles. The molecule has 0 bridgehead atoms. The Bertz CT molecular complexity index is 903. The molecule has 0 aliphatic rings. The van der Waals surface area contributed by atoms with E-state index in [2.05, 4.69) is 46.3 Å². The van der Waals surface area contributed by atoms with Crippen molar-refractivity contribution in [3.05, 3.63) is 57.3 Å². The summed E-state index contributed by atoms with van der Waals surface area (Å²) < 4.78 is 26.7. The van der Waals surface area contributed by atoms with Crippen molar-refractivity contribution < 1.29 is 8.42 Å². The van der Waals surface area contributed by atoms with Crippen molar-refractivity contribution in [1.82, 2.24) is 15.4 Å². The van der Waals surface area contributed by atoms with Crippen LogP contribution in [0.4, 0.5) is 0 Å². The summed E-state index contributed by atoms with van der Waals surface area (Å²) in [6.45, 7) is 8.50. The minimum absolute atomic E-state index is 0.0121. The van der Waals surface area contributed by atoms with Gasteiger partial charge in [0.1, 0.15) is 0 Å². The van der Waals surface area contributed by atoms with Crippen LogP contribution < -0.4 is 15.4 Å². The first-order valence-electron chi connectivity index (χ1n) is 9.77. The number of hydrogen-bond donors (Lipinski definition) is 3. The first-order valence-corrected chi connectivity index (χ1v) is 12.2. The van der Waals surface area contributed by atoms with E-state index >= 15 is 0 Å².